The second-order valence-electron chi connectivity index (χ2n) is 8.61. The Morgan fingerprint density at radius 1 is 1.24 bits per heavy atom. The first kappa shape index (κ1) is 22.4. The molecule has 1 aliphatic carbocycles. The highest BCUT2D eigenvalue weighted by atomic mass is 32.2. The summed E-state index contributed by atoms with van der Waals surface area (Å²) >= 11 is 0. The van der Waals surface area contributed by atoms with Crippen LogP contribution in [-0.4, -0.2) is 46.6 Å². The number of sulfone groups is 1. The van der Waals surface area contributed by atoms with Crippen molar-refractivity contribution in [3.05, 3.63) is 48.0 Å². The summed E-state index contributed by atoms with van der Waals surface area (Å²) in [5.41, 5.74) is 2.58. The van der Waals surface area contributed by atoms with Crippen molar-refractivity contribution >= 4 is 38.2 Å². The third-order valence-electron chi connectivity index (χ3n) is 6.66. The van der Waals surface area contributed by atoms with Gasteiger partial charge in [0.25, 0.3) is 0 Å². The molecule has 2 aliphatic rings. The molecule has 1 aromatic carbocycles. The molecule has 5 rings (SSSR count). The minimum Gasteiger partial charge on any atom is -0.480 e. The number of aliphatic imine (C=N–C) groups is 1. The fourth-order valence-electron chi connectivity index (χ4n) is 4.52. The number of nitrogens with zero attached hydrogens (tertiary/aromatic N) is 4. The SMILES string of the molecule is COc1cnc2c(Nc3ccc(F)c([C@@]4(C)N=C(N)C5(CCC5)S(=O)(=O)C4F)c3)nccc2n1. The minimum absolute atomic E-state index is 0.173. The van der Waals surface area contributed by atoms with Crippen LogP contribution >= 0.6 is 0 Å². The van der Waals surface area contributed by atoms with Crippen molar-refractivity contribution in [2.45, 2.75) is 42.0 Å². The van der Waals surface area contributed by atoms with E-state index in [-0.39, 0.29) is 24.2 Å². The van der Waals surface area contributed by atoms with Gasteiger partial charge in [-0.25, -0.2) is 32.2 Å². The summed E-state index contributed by atoms with van der Waals surface area (Å²) in [5, 5.41) is 3.02. The topological polar surface area (TPSA) is 132 Å². The number of fused-ring (bicyclic) bond motifs is 1. The molecule has 0 radical (unpaired) electrons. The summed E-state index contributed by atoms with van der Waals surface area (Å²) in [6.45, 7) is 1.24. The number of amidine groups is 1. The van der Waals surface area contributed by atoms with Crippen LogP contribution in [0.15, 0.2) is 41.7 Å². The van der Waals surface area contributed by atoms with Gasteiger partial charge in [-0.1, -0.05) is 0 Å². The molecule has 0 bridgehead atoms. The predicted molar refractivity (Wildman–Crippen MR) is 123 cm³/mol. The van der Waals surface area contributed by atoms with Crippen molar-refractivity contribution in [3.8, 4) is 5.88 Å². The molecule has 1 aliphatic heterocycles. The molecule has 178 valence electrons. The summed E-state index contributed by atoms with van der Waals surface area (Å²) in [7, 11) is -2.87. The van der Waals surface area contributed by atoms with Gasteiger partial charge in [0.1, 0.15) is 27.5 Å². The lowest BCUT2D eigenvalue weighted by atomic mass is 9.82. The van der Waals surface area contributed by atoms with Gasteiger partial charge in [0.05, 0.1) is 18.8 Å². The fourth-order valence-corrected chi connectivity index (χ4v) is 6.89. The van der Waals surface area contributed by atoms with Crippen molar-refractivity contribution in [3.63, 3.8) is 0 Å². The van der Waals surface area contributed by atoms with Crippen LogP contribution in [0, 0.1) is 5.82 Å². The number of halogens is 2. The van der Waals surface area contributed by atoms with Crippen LogP contribution in [-0.2, 0) is 15.4 Å². The quantitative estimate of drug-likeness (QED) is 0.572. The summed E-state index contributed by atoms with van der Waals surface area (Å²) in [6, 6.07) is 5.50. The number of hydrogen-bond acceptors (Lipinski definition) is 9. The summed E-state index contributed by atoms with van der Waals surface area (Å²) in [6.07, 6.45) is 3.98. The molecule has 9 nitrogen and oxygen atoms in total. The zero-order valence-corrected chi connectivity index (χ0v) is 19.2. The molecular formula is C22H22F2N6O3S. The van der Waals surface area contributed by atoms with E-state index < -0.39 is 31.4 Å². The first-order valence-corrected chi connectivity index (χ1v) is 12.1. The van der Waals surface area contributed by atoms with Crippen molar-refractivity contribution in [2.24, 2.45) is 10.7 Å². The normalized spacial score (nSPS) is 24.9. The van der Waals surface area contributed by atoms with E-state index in [2.05, 4.69) is 25.3 Å². The van der Waals surface area contributed by atoms with E-state index in [9.17, 15) is 12.8 Å². The zero-order chi connectivity index (χ0) is 24.3. The molecule has 12 heteroatoms. The highest BCUT2D eigenvalue weighted by molar-refractivity contribution is 7.94. The Kier molecular flexibility index (Phi) is 4.97. The molecule has 3 N–H and O–H groups in total. The van der Waals surface area contributed by atoms with Crippen molar-refractivity contribution < 1.29 is 21.9 Å². The number of methoxy groups -OCH3 is 1. The van der Waals surface area contributed by atoms with E-state index in [0.717, 1.165) is 6.07 Å². The fraction of sp³-hybridized carbons (Fsp3) is 0.364. The summed E-state index contributed by atoms with van der Waals surface area (Å²) in [5.74, 6) is -0.330. The van der Waals surface area contributed by atoms with Crippen LogP contribution in [0.3, 0.4) is 0 Å². The lowest BCUT2D eigenvalue weighted by Crippen LogP contribution is -2.64. The number of nitrogens with two attached hydrogens (primary N) is 1. The average Bonchev–Trinajstić information content (AvgIpc) is 2.77. The van der Waals surface area contributed by atoms with E-state index in [0.29, 0.717) is 34.8 Å². The monoisotopic (exact) mass is 488 g/mol. The smallest absolute Gasteiger partial charge is 0.232 e. The Labute approximate surface area is 194 Å². The number of benzene rings is 1. The number of nitrogens with one attached hydrogen (secondary N) is 1. The molecule has 0 saturated heterocycles. The minimum atomic E-state index is -4.35. The molecule has 34 heavy (non-hydrogen) atoms. The third-order valence-corrected chi connectivity index (χ3v) is 9.37. The van der Waals surface area contributed by atoms with Gasteiger partial charge in [0.15, 0.2) is 15.7 Å². The molecule has 1 unspecified atom stereocenters. The first-order chi connectivity index (χ1) is 16.1. The molecule has 3 heterocycles. The lowest BCUT2D eigenvalue weighted by Gasteiger charge is -2.48. The molecule has 1 fully saturated rings. The van der Waals surface area contributed by atoms with Crippen molar-refractivity contribution in [1.82, 2.24) is 15.0 Å². The first-order valence-electron chi connectivity index (χ1n) is 10.6. The van der Waals surface area contributed by atoms with Crippen LogP contribution in [0.1, 0.15) is 31.7 Å². The van der Waals surface area contributed by atoms with Crippen molar-refractivity contribution in [2.75, 3.05) is 12.4 Å². The molecular weight excluding hydrogens is 466 g/mol. The van der Waals surface area contributed by atoms with E-state index in [1.165, 1.54) is 38.6 Å². The van der Waals surface area contributed by atoms with Gasteiger partial charge in [-0.05, 0) is 50.5 Å². The van der Waals surface area contributed by atoms with Crippen LogP contribution in [0.25, 0.3) is 11.0 Å². The molecule has 0 amide bonds. The molecule has 3 aromatic rings. The predicted octanol–water partition coefficient (Wildman–Crippen LogP) is 3.14. The standard InChI is InChI=1S/C22H22F2N6O3S/c1-21(19(24)34(31,32)22(7-3-8-22)20(25)30-21)13-10-12(4-5-14(13)23)28-18-17-15(6-9-26-18)29-16(33-2)11-27-17/h4-6,9-11,19H,3,7-8H2,1-2H3,(H2,25,30)(H,26,28)/t19?,21-/m1/s1. The largest absolute Gasteiger partial charge is 0.480 e. The van der Waals surface area contributed by atoms with E-state index in [1.54, 1.807) is 6.07 Å². The van der Waals surface area contributed by atoms with E-state index in [4.69, 9.17) is 10.5 Å². The Balaban J connectivity index is 1.57. The third kappa shape index (κ3) is 3.04. The Morgan fingerprint density at radius 3 is 2.68 bits per heavy atom. The number of ether oxygens (including phenoxy) is 1. The second kappa shape index (κ2) is 7.55. The van der Waals surface area contributed by atoms with Gasteiger partial charge in [-0.2, -0.15) is 0 Å². The van der Waals surface area contributed by atoms with E-state index in [1.807, 2.05) is 0 Å². The Bertz CT molecular complexity index is 1440. The maximum atomic E-state index is 15.6. The highest BCUT2D eigenvalue weighted by Crippen LogP contribution is 2.51. The van der Waals surface area contributed by atoms with Gasteiger partial charge < -0.3 is 15.8 Å². The van der Waals surface area contributed by atoms with E-state index >= 15 is 4.39 Å². The zero-order valence-electron chi connectivity index (χ0n) is 18.4. The number of pyridine rings is 1. The van der Waals surface area contributed by atoms with Gasteiger partial charge in [0.2, 0.25) is 11.4 Å². The summed E-state index contributed by atoms with van der Waals surface area (Å²) < 4.78 is 60.4. The number of hydrogen-bond donors (Lipinski definition) is 2. The average molecular weight is 489 g/mol. The second-order valence-corrected chi connectivity index (χ2v) is 10.9. The maximum Gasteiger partial charge on any atom is 0.232 e. The molecule has 2 atom stereocenters. The van der Waals surface area contributed by atoms with Gasteiger partial charge in [-0.15, -0.1) is 0 Å². The van der Waals surface area contributed by atoms with Crippen LogP contribution in [0.5, 0.6) is 5.88 Å². The Morgan fingerprint density at radius 2 is 2.00 bits per heavy atom. The summed E-state index contributed by atoms with van der Waals surface area (Å²) in [4.78, 5) is 17.1. The van der Waals surface area contributed by atoms with Crippen LogP contribution < -0.4 is 15.8 Å². The number of rotatable bonds is 4. The van der Waals surface area contributed by atoms with Gasteiger partial charge in [-0.3, -0.25) is 4.99 Å². The molecule has 2 aromatic heterocycles. The van der Waals surface area contributed by atoms with Crippen LogP contribution in [0.2, 0.25) is 0 Å². The van der Waals surface area contributed by atoms with Crippen LogP contribution in [0.4, 0.5) is 20.3 Å². The lowest BCUT2D eigenvalue weighted by molar-refractivity contribution is 0.253. The number of anilines is 2. The molecule has 1 spiro atoms. The van der Waals surface area contributed by atoms with Gasteiger partial charge >= 0.3 is 0 Å². The highest BCUT2D eigenvalue weighted by Gasteiger charge is 2.64. The molecule has 1 saturated carbocycles. The Hall–Kier alpha value is -3.41. The van der Waals surface area contributed by atoms with Gasteiger partial charge in [0, 0.05) is 17.4 Å². The maximum absolute atomic E-state index is 15.6. The number of aromatic nitrogens is 3. The van der Waals surface area contributed by atoms with Crippen molar-refractivity contribution in [1.29, 1.82) is 0 Å². The number of alkyl halides is 1.